The second kappa shape index (κ2) is 24.0. The topological polar surface area (TPSA) is 113 Å². The Hall–Kier alpha value is -1.28. The smallest absolute Gasteiger partial charge is 0.309 e. The Bertz CT molecular complexity index is 784. The Balaban J connectivity index is 1.43. The summed E-state index contributed by atoms with van der Waals surface area (Å²) < 4.78 is 11.5. The van der Waals surface area contributed by atoms with Gasteiger partial charge in [0.15, 0.2) is 0 Å². The lowest BCUT2D eigenvalue weighted by Gasteiger charge is -2.22. The summed E-state index contributed by atoms with van der Waals surface area (Å²) in [7, 11) is 0. The number of unbranched alkanes of at least 4 members (excludes halogenated alkanes) is 12. The first-order valence-corrected chi connectivity index (χ1v) is 18.3. The fourth-order valence-electron chi connectivity index (χ4n) is 6.73. The van der Waals surface area contributed by atoms with E-state index in [4.69, 9.17) is 9.47 Å². The van der Waals surface area contributed by atoms with E-state index >= 15 is 0 Å². The molecule has 0 bridgehead atoms. The maximum Gasteiger partial charge on any atom is 0.309 e. The van der Waals surface area contributed by atoms with E-state index in [9.17, 15) is 24.9 Å². The molecular formula is C37H66O7. The van der Waals surface area contributed by atoms with Gasteiger partial charge in [0.05, 0.1) is 36.4 Å². The predicted molar refractivity (Wildman–Crippen MR) is 176 cm³/mol. The zero-order valence-electron chi connectivity index (χ0n) is 28.1. The van der Waals surface area contributed by atoms with Crippen LogP contribution in [0.1, 0.15) is 168 Å². The zero-order chi connectivity index (χ0) is 32.0. The number of esters is 1. The minimum Gasteiger partial charge on any atom is -0.462 e. The molecule has 3 N–H and O–H groups in total. The van der Waals surface area contributed by atoms with E-state index in [1.807, 2.05) is 0 Å². The summed E-state index contributed by atoms with van der Waals surface area (Å²) in [5.74, 6) is -0.448. The summed E-state index contributed by atoms with van der Waals surface area (Å²) in [6.07, 6.45) is 26.2. The second-order valence-electron chi connectivity index (χ2n) is 13.7. The van der Waals surface area contributed by atoms with Crippen LogP contribution < -0.4 is 0 Å². The molecule has 44 heavy (non-hydrogen) atoms. The summed E-state index contributed by atoms with van der Waals surface area (Å²) in [5, 5.41) is 31.4. The largest absolute Gasteiger partial charge is 0.462 e. The molecule has 256 valence electrons. The van der Waals surface area contributed by atoms with E-state index in [1.165, 1.54) is 71.1 Å². The van der Waals surface area contributed by atoms with Gasteiger partial charge in [-0.05, 0) is 84.0 Å². The molecule has 2 saturated heterocycles. The molecule has 0 spiro atoms. The molecule has 0 aliphatic carbocycles. The molecule has 2 fully saturated rings. The summed E-state index contributed by atoms with van der Waals surface area (Å²) in [6.45, 7) is 3.78. The molecule has 7 nitrogen and oxygen atoms in total. The van der Waals surface area contributed by atoms with Crippen molar-refractivity contribution < 1.29 is 34.4 Å². The molecular weight excluding hydrogens is 556 g/mol. The molecule has 0 amide bonds. The van der Waals surface area contributed by atoms with Crippen LogP contribution in [0.2, 0.25) is 0 Å². The highest BCUT2D eigenvalue weighted by atomic mass is 16.6. The van der Waals surface area contributed by atoms with Crippen LogP contribution in [0, 0.1) is 5.92 Å². The maximum absolute atomic E-state index is 11.9. The number of aliphatic hydroxyl groups is 3. The lowest BCUT2D eigenvalue weighted by atomic mass is 9.96. The third kappa shape index (κ3) is 17.4. The van der Waals surface area contributed by atoms with Crippen molar-refractivity contribution in [3.05, 3.63) is 12.2 Å². The van der Waals surface area contributed by atoms with Gasteiger partial charge in [-0.1, -0.05) is 89.7 Å². The Kier molecular flexibility index (Phi) is 21.2. The minimum atomic E-state index is -0.825. The molecule has 0 aromatic carbocycles. The Morgan fingerprint density at radius 2 is 1.36 bits per heavy atom. The number of hydrogen-bond donors (Lipinski definition) is 3. The highest BCUT2D eigenvalue weighted by Gasteiger charge is 2.35. The Morgan fingerprint density at radius 1 is 0.773 bits per heavy atom. The van der Waals surface area contributed by atoms with Gasteiger partial charge in [0.1, 0.15) is 11.9 Å². The van der Waals surface area contributed by atoms with E-state index in [1.54, 1.807) is 0 Å². The molecule has 0 aromatic heterocycles. The number of hydrogen-bond acceptors (Lipinski definition) is 7. The number of cyclic esters (lactones) is 1. The first-order valence-electron chi connectivity index (χ1n) is 18.3. The fourth-order valence-corrected chi connectivity index (χ4v) is 6.73. The van der Waals surface area contributed by atoms with Gasteiger partial charge in [-0.2, -0.15) is 0 Å². The maximum atomic E-state index is 11.9. The van der Waals surface area contributed by atoms with Crippen molar-refractivity contribution in [1.82, 2.24) is 0 Å². The monoisotopic (exact) mass is 622 g/mol. The van der Waals surface area contributed by atoms with Crippen LogP contribution >= 0.6 is 0 Å². The molecule has 7 atom stereocenters. The van der Waals surface area contributed by atoms with E-state index < -0.39 is 18.3 Å². The normalized spacial score (nSPS) is 24.2. The van der Waals surface area contributed by atoms with Gasteiger partial charge in [-0.3, -0.25) is 4.79 Å². The van der Waals surface area contributed by atoms with Crippen LogP contribution in [-0.2, 0) is 19.1 Å². The van der Waals surface area contributed by atoms with Gasteiger partial charge in [0.2, 0.25) is 0 Å². The quantitative estimate of drug-likeness (QED) is 0.0485. The van der Waals surface area contributed by atoms with Crippen LogP contribution in [0.25, 0.3) is 0 Å². The van der Waals surface area contributed by atoms with Gasteiger partial charge >= 0.3 is 5.97 Å². The van der Waals surface area contributed by atoms with Gasteiger partial charge in [-0.25, -0.2) is 0 Å². The Morgan fingerprint density at radius 3 is 2.05 bits per heavy atom. The molecule has 7 heteroatoms. The lowest BCUT2D eigenvalue weighted by molar-refractivity contribution is -0.145. The Labute approximate surface area is 268 Å². The number of ether oxygens (including phenoxy) is 2. The zero-order valence-corrected chi connectivity index (χ0v) is 28.1. The minimum absolute atomic E-state index is 0.0365. The molecule has 2 rings (SSSR count). The van der Waals surface area contributed by atoms with Crippen molar-refractivity contribution in [2.75, 3.05) is 0 Å². The molecule has 2 aliphatic rings. The summed E-state index contributed by atoms with van der Waals surface area (Å²) in [6, 6.07) is 0. The van der Waals surface area contributed by atoms with E-state index in [-0.39, 0.29) is 42.4 Å². The van der Waals surface area contributed by atoms with E-state index in [2.05, 4.69) is 19.1 Å². The number of rotatable bonds is 27. The van der Waals surface area contributed by atoms with Crippen LogP contribution in [0.3, 0.4) is 0 Å². The van der Waals surface area contributed by atoms with Crippen molar-refractivity contribution >= 4 is 11.8 Å². The fraction of sp³-hybridized carbons (Fsp3) is 0.892. The second-order valence-corrected chi connectivity index (χ2v) is 13.7. The van der Waals surface area contributed by atoms with Crippen molar-refractivity contribution in [1.29, 1.82) is 0 Å². The first kappa shape index (κ1) is 38.9. The number of Topliss-reactive ketones (excluding diaryl/α,β-unsaturated/α-hetero) is 1. The standard InChI is InChI=1S/C37H66O7/c1-3-4-5-6-7-8-9-10-11-12-13-14-15-19-22-33(39)34(40)24-25-35(41)36-26-23-31(43-36)20-17-16-18-21-32-28-30(27-29(2)38)37(42)44-32/h14-15,30-36,39-41H,3-13,16-28H2,1-2H3. The van der Waals surface area contributed by atoms with Gasteiger partial charge in [0, 0.05) is 6.42 Å². The molecule has 2 heterocycles. The number of aliphatic hydroxyl groups excluding tert-OH is 3. The van der Waals surface area contributed by atoms with Crippen molar-refractivity contribution in [3.8, 4) is 0 Å². The summed E-state index contributed by atoms with van der Waals surface area (Å²) in [5.41, 5.74) is 0. The third-order valence-electron chi connectivity index (χ3n) is 9.54. The lowest BCUT2D eigenvalue weighted by Crippen LogP contribution is -2.31. The van der Waals surface area contributed by atoms with Gasteiger partial charge < -0.3 is 29.6 Å². The van der Waals surface area contributed by atoms with E-state index in [0.29, 0.717) is 25.7 Å². The predicted octanol–water partition coefficient (Wildman–Crippen LogP) is 7.91. The number of ketones is 1. The number of carbonyl (C=O) groups is 2. The van der Waals surface area contributed by atoms with Crippen molar-refractivity contribution in [2.45, 2.75) is 205 Å². The van der Waals surface area contributed by atoms with Crippen molar-refractivity contribution in [3.63, 3.8) is 0 Å². The molecule has 0 radical (unpaired) electrons. The van der Waals surface area contributed by atoms with Gasteiger partial charge in [0.25, 0.3) is 0 Å². The summed E-state index contributed by atoms with van der Waals surface area (Å²) in [4.78, 5) is 23.2. The molecule has 0 aromatic rings. The van der Waals surface area contributed by atoms with Crippen LogP contribution in [-0.4, -0.2) is 63.7 Å². The summed E-state index contributed by atoms with van der Waals surface area (Å²) >= 11 is 0. The number of allylic oxidation sites excluding steroid dienone is 2. The molecule has 2 aliphatic heterocycles. The average molecular weight is 623 g/mol. The average Bonchev–Trinajstić information content (AvgIpc) is 3.61. The third-order valence-corrected chi connectivity index (χ3v) is 9.54. The van der Waals surface area contributed by atoms with E-state index in [0.717, 1.165) is 57.8 Å². The number of carbonyl (C=O) groups excluding carboxylic acids is 2. The highest BCUT2D eigenvalue weighted by molar-refractivity contribution is 5.83. The molecule has 0 saturated carbocycles. The van der Waals surface area contributed by atoms with Crippen LogP contribution in [0.15, 0.2) is 12.2 Å². The van der Waals surface area contributed by atoms with Crippen LogP contribution in [0.5, 0.6) is 0 Å². The first-order chi connectivity index (χ1) is 21.3. The van der Waals surface area contributed by atoms with Crippen molar-refractivity contribution in [2.24, 2.45) is 5.92 Å². The molecule has 7 unspecified atom stereocenters. The van der Waals surface area contributed by atoms with Gasteiger partial charge in [-0.15, -0.1) is 0 Å². The highest BCUT2D eigenvalue weighted by Crippen LogP contribution is 2.30. The SMILES string of the molecule is CCCCCCCCCCCCC=CCCC(O)C(O)CCC(O)C1CCC(CCCCCC2CC(CC(C)=O)C(=O)O2)O1. The van der Waals surface area contributed by atoms with Crippen LogP contribution in [0.4, 0.5) is 0 Å².